The van der Waals surface area contributed by atoms with Crippen LogP contribution in [0.5, 0.6) is 11.8 Å². The molecule has 5 aliphatic rings. The zero-order valence-corrected chi connectivity index (χ0v) is 28.3. The molecule has 0 radical (unpaired) electrons. The van der Waals surface area contributed by atoms with Crippen molar-refractivity contribution < 1.29 is 18.6 Å². The third-order valence-electron chi connectivity index (χ3n) is 12.1. The highest BCUT2D eigenvalue weighted by Crippen LogP contribution is 2.53. The van der Waals surface area contributed by atoms with Crippen molar-refractivity contribution in [1.82, 2.24) is 20.2 Å². The molecule has 4 aromatic rings. The normalized spacial score (nSPS) is 23.6. The molecule has 7 nitrogen and oxygen atoms in total. The monoisotopic (exact) mass is 663 g/mol. The lowest BCUT2D eigenvalue weighted by molar-refractivity contribution is -0.0716. The van der Waals surface area contributed by atoms with Gasteiger partial charge in [-0.25, -0.2) is 8.78 Å². The van der Waals surface area contributed by atoms with E-state index in [0.717, 1.165) is 45.3 Å². The van der Waals surface area contributed by atoms with Crippen LogP contribution in [-0.4, -0.2) is 71.4 Å². The molecule has 5 fully saturated rings. The molecule has 3 aliphatic heterocycles. The van der Waals surface area contributed by atoms with Crippen molar-refractivity contribution in [3.8, 4) is 35.2 Å². The molecule has 49 heavy (non-hydrogen) atoms. The van der Waals surface area contributed by atoms with E-state index in [1.54, 1.807) is 6.07 Å². The maximum atomic E-state index is 17.5. The second-order valence-corrected chi connectivity index (χ2v) is 16.0. The number of aromatic hydroxyl groups is 1. The number of likely N-dealkylation sites (tertiary alicyclic amines) is 1. The standard InChI is InChI=1S/C40H43F2N5O2/c1-4-28-32(41)9-6-24-14-27(48)15-30(33(24)28)34-29(23(2)3)16-31-36(35(34)42)44-38(45-37(31)47-17-25-7-8-26(18-47)43-25)49-22-40(12-13-40)21-46-19-39(20-46)10-5-11-39/h1,6,9,14-16,23,25-26,43,48H,5,7-8,10-13,17-22H2,2-3H3. The highest BCUT2D eigenvalue weighted by molar-refractivity contribution is 6.05. The maximum Gasteiger partial charge on any atom is 0.319 e. The van der Waals surface area contributed by atoms with Gasteiger partial charge in [-0.05, 0) is 90.6 Å². The van der Waals surface area contributed by atoms with Gasteiger partial charge in [0.25, 0.3) is 0 Å². The number of fused-ring (bicyclic) bond motifs is 4. The van der Waals surface area contributed by atoms with Crippen molar-refractivity contribution in [2.45, 2.75) is 76.8 Å². The third kappa shape index (κ3) is 5.21. The highest BCUT2D eigenvalue weighted by atomic mass is 19.1. The summed E-state index contributed by atoms with van der Waals surface area (Å²) >= 11 is 0. The molecule has 2 saturated carbocycles. The molecule has 2 N–H and O–H groups in total. The Balaban J connectivity index is 1.17. The molecule has 254 valence electrons. The first-order valence-electron chi connectivity index (χ1n) is 18.0. The molecule has 2 bridgehead atoms. The number of benzene rings is 3. The second kappa shape index (κ2) is 11.3. The van der Waals surface area contributed by atoms with Crippen LogP contribution in [0.3, 0.4) is 0 Å². The number of terminal acetylenes is 1. The van der Waals surface area contributed by atoms with E-state index >= 15 is 8.78 Å². The van der Waals surface area contributed by atoms with Gasteiger partial charge in [-0.2, -0.15) is 9.97 Å². The number of phenols is 1. The van der Waals surface area contributed by atoms with Crippen LogP contribution in [0, 0.1) is 34.8 Å². The lowest BCUT2D eigenvalue weighted by Gasteiger charge is -2.56. The van der Waals surface area contributed by atoms with E-state index in [1.807, 2.05) is 19.9 Å². The van der Waals surface area contributed by atoms with Gasteiger partial charge in [-0.1, -0.05) is 32.3 Å². The van der Waals surface area contributed by atoms with Gasteiger partial charge in [0, 0.05) is 66.6 Å². The van der Waals surface area contributed by atoms with Crippen LogP contribution in [0.2, 0.25) is 0 Å². The molecule has 3 aromatic carbocycles. The predicted octanol–water partition coefficient (Wildman–Crippen LogP) is 7.12. The first-order valence-corrected chi connectivity index (χ1v) is 18.0. The molecule has 9 heteroatoms. The average molecular weight is 664 g/mol. The fourth-order valence-corrected chi connectivity index (χ4v) is 9.20. The van der Waals surface area contributed by atoms with Gasteiger partial charge in [0.1, 0.15) is 22.9 Å². The van der Waals surface area contributed by atoms with E-state index in [-0.39, 0.29) is 39.7 Å². The lowest BCUT2D eigenvalue weighted by atomic mass is 9.63. The van der Waals surface area contributed by atoms with E-state index in [0.29, 0.717) is 57.2 Å². The van der Waals surface area contributed by atoms with Crippen LogP contribution in [-0.2, 0) is 0 Å². The van der Waals surface area contributed by atoms with Crippen molar-refractivity contribution in [3.05, 3.63) is 53.1 Å². The molecule has 1 spiro atoms. The Kier molecular flexibility index (Phi) is 7.13. The molecule has 4 heterocycles. The average Bonchev–Trinajstić information content (AvgIpc) is 3.74. The largest absolute Gasteiger partial charge is 0.508 e. The first kappa shape index (κ1) is 31.0. The molecule has 2 unspecified atom stereocenters. The van der Waals surface area contributed by atoms with Gasteiger partial charge in [0.2, 0.25) is 0 Å². The quantitative estimate of drug-likeness (QED) is 0.195. The summed E-state index contributed by atoms with van der Waals surface area (Å²) in [6.45, 7) is 9.44. The SMILES string of the molecule is C#Cc1c(F)ccc2cc(O)cc(-c3c(C(C)C)cc4c(N5CC6CCC(C5)N6)nc(OCC5(CN6CC7(CCC7)C6)CC5)nc4c3F)c12. The number of piperazine rings is 1. The highest BCUT2D eigenvalue weighted by Gasteiger charge is 2.52. The first-order chi connectivity index (χ1) is 23.6. The topological polar surface area (TPSA) is 73.8 Å². The number of halogens is 2. The number of ether oxygens (including phenoxy) is 1. The Morgan fingerprint density at radius 3 is 2.47 bits per heavy atom. The third-order valence-corrected chi connectivity index (χ3v) is 12.1. The van der Waals surface area contributed by atoms with Crippen molar-refractivity contribution in [1.29, 1.82) is 0 Å². The number of hydrogen-bond donors (Lipinski definition) is 2. The van der Waals surface area contributed by atoms with Crippen molar-refractivity contribution in [2.24, 2.45) is 10.8 Å². The van der Waals surface area contributed by atoms with E-state index < -0.39 is 11.6 Å². The molecule has 3 saturated heterocycles. The van der Waals surface area contributed by atoms with Gasteiger partial charge in [-0.15, -0.1) is 6.42 Å². The minimum absolute atomic E-state index is 0.0329. The minimum atomic E-state index is -0.571. The fraction of sp³-hybridized carbons (Fsp3) is 0.500. The van der Waals surface area contributed by atoms with Crippen LogP contribution in [0.25, 0.3) is 32.8 Å². The van der Waals surface area contributed by atoms with Gasteiger partial charge in [0.15, 0.2) is 5.82 Å². The summed E-state index contributed by atoms with van der Waals surface area (Å²) in [5.41, 5.74) is 2.14. The number of rotatable bonds is 8. The summed E-state index contributed by atoms with van der Waals surface area (Å²) < 4.78 is 39.0. The number of hydrogen-bond acceptors (Lipinski definition) is 7. The Labute approximate surface area is 286 Å². The Morgan fingerprint density at radius 2 is 1.82 bits per heavy atom. The van der Waals surface area contributed by atoms with Crippen LogP contribution in [0.15, 0.2) is 30.3 Å². The Hall–Kier alpha value is -4.00. The zero-order chi connectivity index (χ0) is 33.7. The second-order valence-electron chi connectivity index (χ2n) is 16.0. The summed E-state index contributed by atoms with van der Waals surface area (Å²) in [6.07, 6.45) is 14.3. The summed E-state index contributed by atoms with van der Waals surface area (Å²) in [7, 11) is 0. The van der Waals surface area contributed by atoms with Crippen LogP contribution >= 0.6 is 0 Å². The number of anilines is 1. The van der Waals surface area contributed by atoms with Crippen molar-refractivity contribution in [3.63, 3.8) is 0 Å². The Bertz CT molecular complexity index is 2030. The molecule has 0 amide bonds. The minimum Gasteiger partial charge on any atom is -0.508 e. The van der Waals surface area contributed by atoms with Gasteiger partial charge in [0.05, 0.1) is 12.2 Å². The van der Waals surface area contributed by atoms with Gasteiger partial charge in [-0.3, -0.25) is 0 Å². The molecule has 1 aromatic heterocycles. The maximum absolute atomic E-state index is 17.5. The number of aromatic nitrogens is 2. The van der Waals surface area contributed by atoms with Crippen molar-refractivity contribution >= 4 is 27.5 Å². The number of phenolic OH excluding ortho intramolecular Hbond substituents is 1. The summed E-state index contributed by atoms with van der Waals surface area (Å²) in [6, 6.07) is 8.71. The van der Waals surface area contributed by atoms with Crippen LogP contribution < -0.4 is 15.0 Å². The van der Waals surface area contributed by atoms with E-state index in [1.165, 1.54) is 50.6 Å². The van der Waals surface area contributed by atoms with Gasteiger partial charge >= 0.3 is 6.01 Å². The lowest BCUT2D eigenvalue weighted by Crippen LogP contribution is -2.60. The molecule has 2 atom stereocenters. The predicted molar refractivity (Wildman–Crippen MR) is 188 cm³/mol. The van der Waals surface area contributed by atoms with Gasteiger partial charge < -0.3 is 25.0 Å². The fourth-order valence-electron chi connectivity index (χ4n) is 9.20. The van der Waals surface area contributed by atoms with Crippen LogP contribution in [0.4, 0.5) is 14.6 Å². The summed E-state index contributed by atoms with van der Waals surface area (Å²) in [5.74, 6) is 1.85. The molecule has 9 rings (SSSR count). The zero-order valence-electron chi connectivity index (χ0n) is 28.3. The summed E-state index contributed by atoms with van der Waals surface area (Å²) in [4.78, 5) is 14.6. The van der Waals surface area contributed by atoms with E-state index in [2.05, 4.69) is 21.0 Å². The smallest absolute Gasteiger partial charge is 0.319 e. The molecular weight excluding hydrogens is 620 g/mol. The van der Waals surface area contributed by atoms with E-state index in [4.69, 9.17) is 21.1 Å². The van der Waals surface area contributed by atoms with E-state index in [9.17, 15) is 5.11 Å². The van der Waals surface area contributed by atoms with Crippen LogP contribution in [0.1, 0.15) is 75.8 Å². The number of nitrogens with one attached hydrogen (secondary N) is 1. The molecular formula is C40H43F2N5O2. The van der Waals surface area contributed by atoms with Crippen molar-refractivity contribution in [2.75, 3.05) is 44.2 Å². The Morgan fingerprint density at radius 1 is 1.06 bits per heavy atom. The molecule has 2 aliphatic carbocycles. The summed E-state index contributed by atoms with van der Waals surface area (Å²) in [5, 5.41) is 16.0. The number of nitrogens with zero attached hydrogens (tertiary/aromatic N) is 4.